The molecule has 1 saturated heterocycles. The van der Waals surface area contributed by atoms with Crippen molar-refractivity contribution in [3.05, 3.63) is 35.9 Å². The lowest BCUT2D eigenvalue weighted by Gasteiger charge is -2.39. The maximum absolute atomic E-state index is 12.3. The number of benzene rings is 1. The van der Waals surface area contributed by atoms with E-state index in [1.54, 1.807) is 0 Å². The molecule has 1 heterocycles. The van der Waals surface area contributed by atoms with Crippen LogP contribution in [0.4, 0.5) is 0 Å². The van der Waals surface area contributed by atoms with Gasteiger partial charge in [-0.2, -0.15) is 0 Å². The Kier molecular flexibility index (Phi) is 6.69. The average molecular weight is 311 g/mol. The van der Waals surface area contributed by atoms with Gasteiger partial charge in [0.15, 0.2) is 0 Å². The van der Waals surface area contributed by atoms with Crippen LogP contribution in [0.3, 0.4) is 0 Å². The Hall–Kier alpha value is -1.06. The van der Waals surface area contributed by atoms with Gasteiger partial charge >= 0.3 is 0 Å². The van der Waals surface area contributed by atoms with Crippen molar-refractivity contribution in [3.63, 3.8) is 0 Å². The molecule has 1 unspecified atom stereocenters. The molecule has 1 aliphatic heterocycles. The van der Waals surface area contributed by atoms with Crippen molar-refractivity contribution in [2.24, 2.45) is 11.1 Å². The highest BCUT2D eigenvalue weighted by Gasteiger charge is 2.30. The summed E-state index contributed by atoms with van der Waals surface area (Å²) in [7, 11) is 0. The molecule has 3 nitrogen and oxygen atoms in total. The van der Waals surface area contributed by atoms with Gasteiger partial charge in [0.25, 0.3) is 0 Å². The normalized spacial score (nSPS) is 18.7. The Morgan fingerprint density at radius 3 is 2.38 bits per heavy atom. The minimum absolute atomic E-state index is 0. The standard InChI is InChI=1S/C17H26N2O.ClH/c1-3-17(2)9-11-19(12-10-17)16(20)13-15(18)14-7-5-4-6-8-14;/h4-8,15H,3,9-13,18H2,1-2H3;1H. The topological polar surface area (TPSA) is 46.3 Å². The molecule has 1 aliphatic rings. The van der Waals surface area contributed by atoms with Gasteiger partial charge in [-0.05, 0) is 23.8 Å². The van der Waals surface area contributed by atoms with Crippen LogP contribution in [0.15, 0.2) is 30.3 Å². The molecule has 4 heteroatoms. The second-order valence-corrected chi connectivity index (χ2v) is 6.27. The zero-order valence-corrected chi connectivity index (χ0v) is 13.9. The van der Waals surface area contributed by atoms with Crippen molar-refractivity contribution in [2.45, 2.75) is 45.6 Å². The van der Waals surface area contributed by atoms with Gasteiger partial charge in [-0.1, -0.05) is 50.6 Å². The van der Waals surface area contributed by atoms with Crippen molar-refractivity contribution in [1.29, 1.82) is 0 Å². The summed E-state index contributed by atoms with van der Waals surface area (Å²) >= 11 is 0. The smallest absolute Gasteiger partial charge is 0.224 e. The molecule has 21 heavy (non-hydrogen) atoms. The predicted molar refractivity (Wildman–Crippen MR) is 89.4 cm³/mol. The zero-order chi connectivity index (χ0) is 14.6. The minimum Gasteiger partial charge on any atom is -0.343 e. The first kappa shape index (κ1) is 18.0. The number of nitrogens with zero attached hydrogens (tertiary/aromatic N) is 1. The number of piperidine rings is 1. The molecule has 1 aromatic rings. The molecule has 118 valence electrons. The van der Waals surface area contributed by atoms with Crippen LogP contribution in [-0.2, 0) is 4.79 Å². The molecule has 0 aromatic heterocycles. The van der Waals surface area contributed by atoms with Gasteiger partial charge in [-0.15, -0.1) is 12.4 Å². The third-order valence-corrected chi connectivity index (χ3v) is 4.80. The third-order valence-electron chi connectivity index (χ3n) is 4.80. The van der Waals surface area contributed by atoms with E-state index in [4.69, 9.17) is 5.73 Å². The van der Waals surface area contributed by atoms with Crippen LogP contribution in [0, 0.1) is 5.41 Å². The molecule has 2 rings (SSSR count). The number of hydrogen-bond acceptors (Lipinski definition) is 2. The number of hydrogen-bond donors (Lipinski definition) is 1. The fourth-order valence-corrected chi connectivity index (χ4v) is 2.78. The molecule has 0 aliphatic carbocycles. The molecule has 0 radical (unpaired) electrons. The molecule has 0 bridgehead atoms. The number of carbonyl (C=O) groups is 1. The van der Waals surface area contributed by atoms with Gasteiger partial charge < -0.3 is 10.6 Å². The summed E-state index contributed by atoms with van der Waals surface area (Å²) in [6.07, 6.45) is 3.82. The number of rotatable bonds is 4. The van der Waals surface area contributed by atoms with Crippen LogP contribution in [0.1, 0.15) is 51.1 Å². The Balaban J connectivity index is 0.00000220. The largest absolute Gasteiger partial charge is 0.343 e. The van der Waals surface area contributed by atoms with Crippen LogP contribution in [0.2, 0.25) is 0 Å². The molecule has 0 saturated carbocycles. The van der Waals surface area contributed by atoms with E-state index in [1.165, 1.54) is 6.42 Å². The maximum Gasteiger partial charge on any atom is 0.224 e. The highest BCUT2D eigenvalue weighted by atomic mass is 35.5. The van der Waals surface area contributed by atoms with E-state index >= 15 is 0 Å². The second kappa shape index (κ2) is 7.81. The fourth-order valence-electron chi connectivity index (χ4n) is 2.78. The van der Waals surface area contributed by atoms with Gasteiger partial charge in [0.1, 0.15) is 0 Å². The molecule has 1 amide bonds. The van der Waals surface area contributed by atoms with Crippen molar-refractivity contribution < 1.29 is 4.79 Å². The van der Waals surface area contributed by atoms with Gasteiger partial charge in [-0.25, -0.2) is 0 Å². The first-order valence-corrected chi connectivity index (χ1v) is 7.62. The summed E-state index contributed by atoms with van der Waals surface area (Å²) < 4.78 is 0. The van der Waals surface area contributed by atoms with E-state index in [1.807, 2.05) is 35.2 Å². The van der Waals surface area contributed by atoms with Crippen LogP contribution in [0.25, 0.3) is 0 Å². The first-order valence-electron chi connectivity index (χ1n) is 7.62. The molecular weight excluding hydrogens is 284 g/mol. The molecular formula is C17H27ClN2O. The minimum atomic E-state index is -0.191. The Labute approximate surface area is 134 Å². The van der Waals surface area contributed by atoms with Crippen molar-refractivity contribution in [3.8, 4) is 0 Å². The molecule has 1 atom stereocenters. The Bertz CT molecular complexity index is 441. The number of amides is 1. The second-order valence-electron chi connectivity index (χ2n) is 6.27. The van der Waals surface area contributed by atoms with E-state index < -0.39 is 0 Å². The van der Waals surface area contributed by atoms with E-state index in [0.29, 0.717) is 11.8 Å². The van der Waals surface area contributed by atoms with Crippen molar-refractivity contribution >= 4 is 18.3 Å². The summed E-state index contributed by atoms with van der Waals surface area (Å²) in [6.45, 7) is 6.32. The van der Waals surface area contributed by atoms with E-state index in [-0.39, 0.29) is 24.4 Å². The molecule has 1 aromatic carbocycles. The van der Waals surface area contributed by atoms with Gasteiger partial charge in [0, 0.05) is 25.6 Å². The third kappa shape index (κ3) is 4.72. The Morgan fingerprint density at radius 2 is 1.86 bits per heavy atom. The number of carbonyl (C=O) groups excluding carboxylic acids is 1. The molecule has 1 fully saturated rings. The lowest BCUT2D eigenvalue weighted by Crippen LogP contribution is -2.42. The quantitative estimate of drug-likeness (QED) is 0.924. The number of likely N-dealkylation sites (tertiary alicyclic amines) is 1. The highest BCUT2D eigenvalue weighted by Crippen LogP contribution is 2.34. The average Bonchev–Trinajstić information content (AvgIpc) is 2.48. The summed E-state index contributed by atoms with van der Waals surface area (Å²) in [5.41, 5.74) is 7.59. The first-order chi connectivity index (χ1) is 9.54. The van der Waals surface area contributed by atoms with Crippen molar-refractivity contribution in [2.75, 3.05) is 13.1 Å². The lowest BCUT2D eigenvalue weighted by molar-refractivity contribution is -0.133. The molecule has 0 spiro atoms. The number of halogens is 1. The SMILES string of the molecule is CCC1(C)CCN(C(=O)CC(N)c2ccccc2)CC1.Cl. The summed E-state index contributed by atoms with van der Waals surface area (Å²) in [6, 6.07) is 9.68. The monoisotopic (exact) mass is 310 g/mol. The zero-order valence-electron chi connectivity index (χ0n) is 13.0. The summed E-state index contributed by atoms with van der Waals surface area (Å²) in [5, 5.41) is 0. The van der Waals surface area contributed by atoms with Crippen molar-refractivity contribution in [1.82, 2.24) is 4.90 Å². The predicted octanol–water partition coefficient (Wildman–Crippen LogP) is 3.54. The van der Waals surface area contributed by atoms with E-state index in [2.05, 4.69) is 13.8 Å². The van der Waals surface area contributed by atoms with E-state index in [9.17, 15) is 4.79 Å². The maximum atomic E-state index is 12.3. The van der Waals surface area contributed by atoms with Crippen LogP contribution < -0.4 is 5.73 Å². The molecule has 2 N–H and O–H groups in total. The van der Waals surface area contributed by atoms with Crippen LogP contribution in [-0.4, -0.2) is 23.9 Å². The summed E-state index contributed by atoms with van der Waals surface area (Å²) in [5.74, 6) is 0.194. The fraction of sp³-hybridized carbons (Fsp3) is 0.588. The lowest BCUT2D eigenvalue weighted by atomic mass is 9.78. The summed E-state index contributed by atoms with van der Waals surface area (Å²) in [4.78, 5) is 14.3. The van der Waals surface area contributed by atoms with Gasteiger partial charge in [0.05, 0.1) is 0 Å². The number of nitrogens with two attached hydrogens (primary N) is 1. The van der Waals surface area contributed by atoms with E-state index in [0.717, 1.165) is 31.5 Å². The van der Waals surface area contributed by atoms with Crippen LogP contribution >= 0.6 is 12.4 Å². The van der Waals surface area contributed by atoms with Gasteiger partial charge in [-0.3, -0.25) is 4.79 Å². The Morgan fingerprint density at radius 1 is 1.29 bits per heavy atom. The highest BCUT2D eigenvalue weighted by molar-refractivity contribution is 5.85. The van der Waals surface area contributed by atoms with Crippen LogP contribution in [0.5, 0.6) is 0 Å². The van der Waals surface area contributed by atoms with Gasteiger partial charge in [0.2, 0.25) is 5.91 Å².